The largest absolute Gasteiger partial charge is 0.378 e. The Kier molecular flexibility index (Phi) is 12.4. The Morgan fingerprint density at radius 2 is 0.903 bits per heavy atom. The van der Waals surface area contributed by atoms with Crippen LogP contribution in [0.1, 0.15) is 34.6 Å². The van der Waals surface area contributed by atoms with Gasteiger partial charge < -0.3 is 4.74 Å². The van der Waals surface area contributed by atoms with Crippen LogP contribution in [-0.2, 0) is 4.74 Å². The van der Waals surface area contributed by atoms with Crippen LogP contribution in [0.25, 0.3) is 0 Å². The summed E-state index contributed by atoms with van der Waals surface area (Å²) in [5, 5.41) is 0. The fraction of sp³-hybridized carbons (Fsp3) is 0.400. The number of halogens is 10. The molecule has 0 bridgehead atoms. The van der Waals surface area contributed by atoms with E-state index in [9.17, 15) is 0 Å². The van der Waals surface area contributed by atoms with Gasteiger partial charge in [0.05, 0.1) is 31.5 Å². The number of hydrogen-bond acceptors (Lipinski definition) is 1. The molecule has 2 aromatic rings. The van der Waals surface area contributed by atoms with E-state index in [1.54, 1.807) is 0 Å². The molecule has 2 rings (SSSR count). The van der Waals surface area contributed by atoms with Gasteiger partial charge in [-0.2, -0.15) is 0 Å². The molecule has 0 aliphatic rings. The monoisotopic (exact) mass is 1060 g/mol. The summed E-state index contributed by atoms with van der Waals surface area (Å²) in [5.41, 5.74) is 2.24. The van der Waals surface area contributed by atoms with Crippen LogP contribution in [0.5, 0.6) is 0 Å². The van der Waals surface area contributed by atoms with Crippen LogP contribution in [0.15, 0.2) is 51.1 Å². The van der Waals surface area contributed by atoms with Crippen molar-refractivity contribution in [3.63, 3.8) is 0 Å². The molecule has 4 atom stereocenters. The summed E-state index contributed by atoms with van der Waals surface area (Å²) in [6.07, 6.45) is 0. The van der Waals surface area contributed by atoms with Crippen molar-refractivity contribution in [1.29, 1.82) is 0 Å². The van der Waals surface area contributed by atoms with Crippen LogP contribution < -0.4 is 0 Å². The maximum atomic E-state index is 6.22. The number of ether oxygens (including phenoxy) is 1. The quantitative estimate of drug-likeness (QED) is 0.239. The van der Waals surface area contributed by atoms with Gasteiger partial charge in [0.1, 0.15) is 0 Å². The van der Waals surface area contributed by atoms with Crippen LogP contribution in [-0.4, -0.2) is 21.9 Å². The van der Waals surface area contributed by atoms with Crippen LogP contribution >= 0.6 is 159 Å². The molecule has 0 saturated heterocycles. The van der Waals surface area contributed by atoms with Crippen molar-refractivity contribution in [2.45, 2.75) is 32.2 Å². The van der Waals surface area contributed by atoms with Crippen molar-refractivity contribution in [2.75, 3.05) is 13.2 Å². The third-order valence-corrected chi connectivity index (χ3v) is 13.5. The number of alkyl halides is 4. The minimum absolute atomic E-state index is 0.00737. The first-order chi connectivity index (χ1) is 14.2. The predicted octanol–water partition coefficient (Wildman–Crippen LogP) is 12.2. The molecule has 0 aliphatic heterocycles. The lowest BCUT2D eigenvalue weighted by Crippen LogP contribution is -2.34. The van der Waals surface area contributed by atoms with Crippen LogP contribution in [0.3, 0.4) is 0 Å². The van der Waals surface area contributed by atoms with Crippen molar-refractivity contribution >= 4 is 159 Å². The summed E-state index contributed by atoms with van der Waals surface area (Å²) in [6.45, 7) is 5.24. The first-order valence-corrected chi connectivity index (χ1v) is 16.9. The Morgan fingerprint density at radius 3 is 1.16 bits per heavy atom. The Morgan fingerprint density at radius 1 is 0.645 bits per heavy atom. The fourth-order valence-corrected chi connectivity index (χ4v) is 11.5. The van der Waals surface area contributed by atoms with Crippen LogP contribution in [0.4, 0.5) is 0 Å². The zero-order valence-electron chi connectivity index (χ0n) is 16.1. The van der Waals surface area contributed by atoms with E-state index < -0.39 is 0 Å². The molecule has 0 aliphatic carbocycles. The van der Waals surface area contributed by atoms with E-state index in [1.165, 1.54) is 0 Å². The second-order valence-electron chi connectivity index (χ2n) is 7.34. The van der Waals surface area contributed by atoms with E-state index in [0.29, 0.717) is 13.2 Å². The maximum Gasteiger partial charge on any atom is 0.0631 e. The summed E-state index contributed by atoms with van der Waals surface area (Å²) in [7, 11) is 0. The molecule has 31 heavy (non-hydrogen) atoms. The molecule has 11 heteroatoms. The summed E-state index contributed by atoms with van der Waals surface area (Å²) < 4.78 is 11.6. The molecule has 4 unspecified atom stereocenters. The average molecular weight is 1070 g/mol. The van der Waals surface area contributed by atoms with Crippen molar-refractivity contribution in [1.82, 2.24) is 0 Å². The van der Waals surface area contributed by atoms with Gasteiger partial charge in [-0.25, -0.2) is 0 Å². The van der Waals surface area contributed by atoms with Crippen LogP contribution in [0.2, 0.25) is 0 Å². The van der Waals surface area contributed by atoms with E-state index in [-0.39, 0.29) is 18.3 Å². The van der Waals surface area contributed by atoms with E-state index >= 15 is 0 Å². The molecule has 0 heterocycles. The zero-order chi connectivity index (χ0) is 23.7. The van der Waals surface area contributed by atoms with E-state index in [0.717, 1.165) is 38.0 Å². The summed E-state index contributed by atoms with van der Waals surface area (Å²) >= 11 is 37.3. The van der Waals surface area contributed by atoms with Gasteiger partial charge in [-0.3, -0.25) is 0 Å². The maximum absolute atomic E-state index is 6.22. The van der Waals surface area contributed by atoms with Gasteiger partial charge >= 0.3 is 0 Å². The van der Waals surface area contributed by atoms with Crippen molar-refractivity contribution in [3.8, 4) is 0 Å². The Hall–Kier alpha value is 3.20. The zero-order valence-corrected chi connectivity index (χ0v) is 31.9. The van der Waals surface area contributed by atoms with Gasteiger partial charge in [0.15, 0.2) is 0 Å². The van der Waals surface area contributed by atoms with Gasteiger partial charge in [-0.15, -0.1) is 0 Å². The summed E-state index contributed by atoms with van der Waals surface area (Å²) in [6, 6.07) is 8.16. The van der Waals surface area contributed by atoms with E-state index in [2.05, 4.69) is 173 Å². The first-order valence-electron chi connectivity index (χ1n) is 8.70. The van der Waals surface area contributed by atoms with Gasteiger partial charge in [0, 0.05) is 26.8 Å². The highest BCUT2D eigenvalue weighted by Gasteiger charge is 2.37. The van der Waals surface area contributed by atoms with Crippen LogP contribution in [0, 0.1) is 0 Å². The lowest BCUT2D eigenvalue weighted by atomic mass is 10.0. The molecular weight excluding hydrogens is 1060 g/mol. The average Bonchev–Trinajstić information content (AvgIpc) is 2.59. The molecule has 0 radical (unpaired) electrons. The highest BCUT2D eigenvalue weighted by atomic mass is 79.9. The van der Waals surface area contributed by atoms with E-state index in [1.807, 2.05) is 24.3 Å². The van der Waals surface area contributed by atoms with Gasteiger partial charge in [0.25, 0.3) is 0 Å². The normalized spacial score (nSPS) is 17.7. The van der Waals surface area contributed by atoms with Gasteiger partial charge in [-0.1, -0.05) is 159 Å². The Balaban J connectivity index is 2.12. The standard InChI is InChI=1S/C20H16Br10O/c1-19(29,17(27)15-11(23)3-9(21)4-12(15)24)7-31-8-20(2,30)18(28)16-13(25)5-10(22)6-14(16)26/h3-6,17-18H,7-8H2,1-2H3. The highest BCUT2D eigenvalue weighted by molar-refractivity contribution is 9.13. The van der Waals surface area contributed by atoms with Gasteiger partial charge in [0.2, 0.25) is 0 Å². The number of rotatable bonds is 8. The smallest absolute Gasteiger partial charge is 0.0631 e. The second kappa shape index (κ2) is 12.6. The third kappa shape index (κ3) is 8.09. The molecule has 0 spiro atoms. The Bertz CT molecular complexity index is 822. The Labute approximate surface area is 267 Å². The predicted molar refractivity (Wildman–Crippen MR) is 168 cm³/mol. The summed E-state index contributed by atoms with van der Waals surface area (Å²) in [5.74, 6) is 0. The number of benzene rings is 2. The number of hydrogen-bond donors (Lipinski definition) is 0. The molecular formula is C20H16Br10O. The first kappa shape index (κ1) is 30.4. The second-order valence-corrected chi connectivity index (χ2v) is 18.0. The fourth-order valence-electron chi connectivity index (χ4n) is 2.79. The molecule has 2 aromatic carbocycles. The van der Waals surface area contributed by atoms with Gasteiger partial charge in [-0.05, 0) is 49.2 Å². The third-order valence-electron chi connectivity index (χ3n) is 4.42. The highest BCUT2D eigenvalue weighted by Crippen LogP contribution is 2.49. The molecule has 0 amide bonds. The summed E-state index contributed by atoms with van der Waals surface area (Å²) in [4.78, 5) is 0.0147. The topological polar surface area (TPSA) is 9.23 Å². The molecule has 0 fully saturated rings. The molecule has 1 nitrogen and oxygen atoms in total. The lowest BCUT2D eigenvalue weighted by Gasteiger charge is -2.33. The molecule has 0 saturated carbocycles. The van der Waals surface area contributed by atoms with Crippen molar-refractivity contribution < 1.29 is 4.74 Å². The SMILES string of the molecule is CC(Br)(COCC(C)(Br)C(Br)c1c(Br)cc(Br)cc1Br)C(Br)c1c(Br)cc(Br)cc1Br. The minimum atomic E-state index is -0.338. The molecule has 0 N–H and O–H groups in total. The molecule has 172 valence electrons. The molecule has 0 aromatic heterocycles. The van der Waals surface area contributed by atoms with Crippen molar-refractivity contribution in [2.24, 2.45) is 0 Å². The minimum Gasteiger partial charge on any atom is -0.378 e. The van der Waals surface area contributed by atoms with E-state index in [4.69, 9.17) is 4.74 Å². The lowest BCUT2D eigenvalue weighted by molar-refractivity contribution is 0.101. The van der Waals surface area contributed by atoms with Crippen molar-refractivity contribution in [3.05, 3.63) is 62.2 Å².